The lowest BCUT2D eigenvalue weighted by Gasteiger charge is -2.20. The van der Waals surface area contributed by atoms with Crippen molar-refractivity contribution in [1.82, 2.24) is 14.5 Å². The number of rotatable bonds is 2. The lowest BCUT2D eigenvalue weighted by molar-refractivity contribution is 0.620. The Morgan fingerprint density at radius 3 is 2.20 bits per heavy atom. The second-order valence-electron chi connectivity index (χ2n) is 12.6. The number of aromatic nitrogens is 3. The highest BCUT2D eigenvalue weighted by Gasteiger charge is 2.40. The molecule has 1 aliphatic rings. The summed E-state index contributed by atoms with van der Waals surface area (Å²) in [6.07, 6.45) is 0. The molecular formula is C41H27N3O. The monoisotopic (exact) mass is 577 g/mol. The Bertz CT molecular complexity index is 2680. The average Bonchev–Trinajstić information content (AvgIpc) is 3.71. The van der Waals surface area contributed by atoms with Crippen LogP contribution >= 0.6 is 0 Å². The minimum absolute atomic E-state index is 0.180. The van der Waals surface area contributed by atoms with Crippen LogP contribution in [0.15, 0.2) is 132 Å². The first kappa shape index (κ1) is 24.7. The Labute approximate surface area is 259 Å². The molecule has 3 heterocycles. The van der Waals surface area contributed by atoms with Gasteiger partial charge in [0.2, 0.25) is 5.95 Å². The molecule has 0 N–H and O–H groups in total. The SMILES string of the molecule is CC1(C)c2ccccc2-c2oc3c(ccc4c5ccccc5n(-c5nc(-c6ccccc6)c6ccc7ccccc7c6n5)c43)c21. The largest absolute Gasteiger partial charge is 0.453 e. The third-order valence-corrected chi connectivity index (χ3v) is 9.79. The minimum Gasteiger partial charge on any atom is -0.453 e. The van der Waals surface area contributed by atoms with Gasteiger partial charge in [0.25, 0.3) is 0 Å². The molecule has 0 radical (unpaired) electrons. The van der Waals surface area contributed by atoms with Crippen molar-refractivity contribution in [3.8, 4) is 28.5 Å². The van der Waals surface area contributed by atoms with Gasteiger partial charge < -0.3 is 4.42 Å². The zero-order chi connectivity index (χ0) is 29.9. The van der Waals surface area contributed by atoms with E-state index in [2.05, 4.69) is 140 Å². The molecule has 4 nitrogen and oxygen atoms in total. The molecule has 0 aliphatic heterocycles. The molecular weight excluding hydrogens is 550 g/mol. The van der Waals surface area contributed by atoms with E-state index in [-0.39, 0.29) is 5.41 Å². The highest BCUT2D eigenvalue weighted by atomic mass is 16.3. The third kappa shape index (κ3) is 3.21. The number of furan rings is 1. The predicted octanol–water partition coefficient (Wildman–Crippen LogP) is 10.6. The van der Waals surface area contributed by atoms with Gasteiger partial charge in [-0.3, -0.25) is 4.57 Å². The number of hydrogen-bond acceptors (Lipinski definition) is 3. The molecule has 3 aromatic heterocycles. The average molecular weight is 578 g/mol. The van der Waals surface area contributed by atoms with Gasteiger partial charge in [0.1, 0.15) is 11.3 Å². The highest BCUT2D eigenvalue weighted by molar-refractivity contribution is 6.19. The Morgan fingerprint density at radius 1 is 0.600 bits per heavy atom. The molecule has 0 amide bonds. The highest BCUT2D eigenvalue weighted by Crippen LogP contribution is 2.54. The van der Waals surface area contributed by atoms with Crippen molar-refractivity contribution in [3.05, 3.63) is 139 Å². The zero-order valence-corrected chi connectivity index (χ0v) is 24.9. The van der Waals surface area contributed by atoms with Crippen LogP contribution in [0.1, 0.15) is 25.0 Å². The fraction of sp³-hybridized carbons (Fsp3) is 0.0732. The lowest BCUT2D eigenvalue weighted by Crippen LogP contribution is -2.14. The summed E-state index contributed by atoms with van der Waals surface area (Å²) in [7, 11) is 0. The second kappa shape index (κ2) is 8.67. The van der Waals surface area contributed by atoms with Crippen molar-refractivity contribution in [2.75, 3.05) is 0 Å². The van der Waals surface area contributed by atoms with Gasteiger partial charge in [-0.15, -0.1) is 0 Å². The number of para-hydroxylation sites is 1. The molecule has 45 heavy (non-hydrogen) atoms. The number of fused-ring (bicyclic) bond motifs is 12. The maximum Gasteiger partial charge on any atom is 0.235 e. The maximum absolute atomic E-state index is 6.97. The third-order valence-electron chi connectivity index (χ3n) is 9.79. The van der Waals surface area contributed by atoms with Gasteiger partial charge in [-0.05, 0) is 23.1 Å². The molecule has 0 atom stereocenters. The van der Waals surface area contributed by atoms with Gasteiger partial charge in [-0.25, -0.2) is 9.97 Å². The van der Waals surface area contributed by atoms with Gasteiger partial charge >= 0.3 is 0 Å². The van der Waals surface area contributed by atoms with Gasteiger partial charge in [0.05, 0.1) is 16.7 Å². The van der Waals surface area contributed by atoms with Gasteiger partial charge in [0.15, 0.2) is 5.58 Å². The molecule has 0 saturated carbocycles. The summed E-state index contributed by atoms with van der Waals surface area (Å²) in [5.74, 6) is 1.60. The van der Waals surface area contributed by atoms with E-state index < -0.39 is 0 Å². The standard InChI is InChI=1S/C41H27N3O/c1-41(2)32-18-10-8-17-29(32)38-34(41)30-23-22-28-27-16-9-11-19-33(27)44(37(28)39(30)45-38)40-42-35(25-13-4-3-5-14-25)31-21-20-24-12-6-7-15-26(24)36(31)43-40/h3-23H,1-2H3. The topological polar surface area (TPSA) is 43.9 Å². The quantitative estimate of drug-likeness (QED) is 0.192. The molecule has 6 aromatic carbocycles. The van der Waals surface area contributed by atoms with Crippen LogP contribution in [0.2, 0.25) is 0 Å². The second-order valence-corrected chi connectivity index (χ2v) is 12.6. The Kier molecular flexibility index (Phi) is 4.76. The zero-order valence-electron chi connectivity index (χ0n) is 24.9. The molecule has 0 spiro atoms. The first-order chi connectivity index (χ1) is 22.1. The molecule has 0 bridgehead atoms. The summed E-state index contributed by atoms with van der Waals surface area (Å²) in [5, 5.41) is 6.70. The predicted molar refractivity (Wildman–Crippen MR) is 184 cm³/mol. The van der Waals surface area contributed by atoms with Crippen molar-refractivity contribution >= 4 is 54.5 Å². The summed E-state index contributed by atoms with van der Waals surface area (Å²) in [6.45, 7) is 4.60. The number of nitrogens with zero attached hydrogens (tertiary/aromatic N) is 3. The molecule has 9 aromatic rings. The van der Waals surface area contributed by atoms with E-state index in [1.165, 1.54) is 16.7 Å². The van der Waals surface area contributed by atoms with E-state index >= 15 is 0 Å². The van der Waals surface area contributed by atoms with Crippen molar-refractivity contribution in [3.63, 3.8) is 0 Å². The van der Waals surface area contributed by atoms with Crippen molar-refractivity contribution in [2.24, 2.45) is 0 Å². The van der Waals surface area contributed by atoms with Crippen LogP contribution in [-0.4, -0.2) is 14.5 Å². The lowest BCUT2D eigenvalue weighted by atomic mass is 9.81. The molecule has 4 heteroatoms. The van der Waals surface area contributed by atoms with Crippen LogP contribution in [0.4, 0.5) is 0 Å². The number of benzene rings is 6. The van der Waals surface area contributed by atoms with Crippen molar-refractivity contribution in [2.45, 2.75) is 19.3 Å². The van der Waals surface area contributed by atoms with Crippen LogP contribution in [0.25, 0.3) is 83.0 Å². The van der Waals surface area contributed by atoms with E-state index in [1.54, 1.807) is 0 Å². The van der Waals surface area contributed by atoms with Crippen LogP contribution in [-0.2, 0) is 5.41 Å². The van der Waals surface area contributed by atoms with Crippen LogP contribution in [0, 0.1) is 0 Å². The summed E-state index contributed by atoms with van der Waals surface area (Å²) in [4.78, 5) is 10.7. The first-order valence-electron chi connectivity index (χ1n) is 15.4. The van der Waals surface area contributed by atoms with Crippen molar-refractivity contribution < 1.29 is 4.42 Å². The molecule has 1 aliphatic carbocycles. The fourth-order valence-electron chi connectivity index (χ4n) is 7.75. The normalized spacial score (nSPS) is 13.7. The van der Waals surface area contributed by atoms with Gasteiger partial charge in [-0.2, -0.15) is 0 Å². The van der Waals surface area contributed by atoms with Crippen LogP contribution in [0.3, 0.4) is 0 Å². The Morgan fingerprint density at radius 2 is 1.31 bits per heavy atom. The summed E-state index contributed by atoms with van der Waals surface area (Å²) in [5.41, 5.74) is 9.37. The minimum atomic E-state index is -0.180. The fourth-order valence-corrected chi connectivity index (χ4v) is 7.75. The maximum atomic E-state index is 6.97. The molecule has 10 rings (SSSR count). The Hall–Kier alpha value is -5.74. The van der Waals surface area contributed by atoms with Crippen LogP contribution < -0.4 is 0 Å². The van der Waals surface area contributed by atoms with E-state index in [9.17, 15) is 0 Å². The van der Waals surface area contributed by atoms with Gasteiger partial charge in [-0.1, -0.05) is 129 Å². The van der Waals surface area contributed by atoms with E-state index in [4.69, 9.17) is 14.4 Å². The van der Waals surface area contributed by atoms with Gasteiger partial charge in [0, 0.05) is 49.0 Å². The van der Waals surface area contributed by atoms with E-state index in [0.717, 1.165) is 71.5 Å². The van der Waals surface area contributed by atoms with Crippen molar-refractivity contribution in [1.29, 1.82) is 0 Å². The summed E-state index contributed by atoms with van der Waals surface area (Å²) in [6, 6.07) is 44.9. The molecule has 212 valence electrons. The molecule has 0 fully saturated rings. The smallest absolute Gasteiger partial charge is 0.235 e. The van der Waals surface area contributed by atoms with Crippen LogP contribution in [0.5, 0.6) is 0 Å². The first-order valence-corrected chi connectivity index (χ1v) is 15.4. The van der Waals surface area contributed by atoms with E-state index in [0.29, 0.717) is 5.95 Å². The Balaban J connectivity index is 1.38. The molecule has 0 saturated heterocycles. The number of hydrogen-bond donors (Lipinski definition) is 0. The summed E-state index contributed by atoms with van der Waals surface area (Å²) < 4.78 is 9.19. The molecule has 0 unspecified atom stereocenters. The summed E-state index contributed by atoms with van der Waals surface area (Å²) >= 11 is 0. The van der Waals surface area contributed by atoms with E-state index in [1.807, 2.05) is 6.07 Å².